The zero-order valence-electron chi connectivity index (χ0n) is 13.2. The van der Waals surface area contributed by atoms with Gasteiger partial charge in [0.25, 0.3) is 0 Å². The molecule has 21 heavy (non-hydrogen) atoms. The van der Waals surface area contributed by atoms with Crippen LogP contribution in [0.25, 0.3) is 0 Å². The molecule has 2 aromatic rings. The first kappa shape index (κ1) is 16.1. The molecule has 2 rings (SSSR count). The van der Waals surface area contributed by atoms with E-state index in [4.69, 9.17) is 0 Å². The van der Waals surface area contributed by atoms with Gasteiger partial charge in [0.05, 0.1) is 11.7 Å². The van der Waals surface area contributed by atoms with Gasteiger partial charge in [0, 0.05) is 23.4 Å². The largest absolute Gasteiger partial charge is 0.308 e. The van der Waals surface area contributed by atoms with Crippen LogP contribution >= 0.6 is 11.8 Å². The van der Waals surface area contributed by atoms with Crippen LogP contribution in [-0.4, -0.2) is 22.1 Å². The molecule has 0 bridgehead atoms. The Morgan fingerprint density at radius 3 is 2.62 bits per heavy atom. The number of aromatic nitrogens is 2. The van der Waals surface area contributed by atoms with Gasteiger partial charge in [-0.3, -0.25) is 4.68 Å². The molecule has 1 aromatic carbocycles. The van der Waals surface area contributed by atoms with Gasteiger partial charge in [-0.05, 0) is 45.0 Å². The van der Waals surface area contributed by atoms with Crippen LogP contribution in [0.1, 0.15) is 37.6 Å². The minimum atomic E-state index is 0.346. The highest BCUT2D eigenvalue weighted by molar-refractivity contribution is 7.99. The molecule has 4 heteroatoms. The van der Waals surface area contributed by atoms with Gasteiger partial charge >= 0.3 is 0 Å². The minimum Gasteiger partial charge on any atom is -0.308 e. The summed E-state index contributed by atoms with van der Waals surface area (Å²) in [7, 11) is 0. The lowest BCUT2D eigenvalue weighted by Gasteiger charge is -2.19. The molecule has 0 saturated heterocycles. The van der Waals surface area contributed by atoms with Gasteiger partial charge in [-0.25, -0.2) is 0 Å². The second-order valence-corrected chi connectivity index (χ2v) is 6.30. The Morgan fingerprint density at radius 1 is 1.19 bits per heavy atom. The number of nitrogens with one attached hydrogen (secondary N) is 1. The first-order valence-electron chi connectivity index (χ1n) is 7.69. The van der Waals surface area contributed by atoms with Gasteiger partial charge < -0.3 is 5.32 Å². The van der Waals surface area contributed by atoms with Gasteiger partial charge in [0.15, 0.2) is 0 Å². The van der Waals surface area contributed by atoms with Crippen LogP contribution in [0.2, 0.25) is 0 Å². The molecule has 0 saturated carbocycles. The van der Waals surface area contributed by atoms with Crippen molar-refractivity contribution >= 4 is 11.8 Å². The van der Waals surface area contributed by atoms with E-state index in [2.05, 4.69) is 66.2 Å². The van der Waals surface area contributed by atoms with Gasteiger partial charge in [-0.15, -0.1) is 11.8 Å². The SMILES string of the molecule is CCCNC(CSc1ccc(C)cc1)c1ccnn1CC. The van der Waals surface area contributed by atoms with Crippen molar-refractivity contribution in [3.63, 3.8) is 0 Å². The molecule has 0 spiro atoms. The summed E-state index contributed by atoms with van der Waals surface area (Å²) < 4.78 is 2.09. The maximum atomic E-state index is 4.40. The van der Waals surface area contributed by atoms with Crippen LogP contribution in [-0.2, 0) is 6.54 Å². The van der Waals surface area contributed by atoms with Crippen LogP contribution in [0.4, 0.5) is 0 Å². The highest BCUT2D eigenvalue weighted by Gasteiger charge is 2.15. The Morgan fingerprint density at radius 2 is 1.95 bits per heavy atom. The predicted octanol–water partition coefficient (Wildman–Crippen LogP) is 4.04. The summed E-state index contributed by atoms with van der Waals surface area (Å²) >= 11 is 1.90. The average Bonchev–Trinajstić information content (AvgIpc) is 2.97. The van der Waals surface area contributed by atoms with Crippen LogP contribution in [0.3, 0.4) is 0 Å². The van der Waals surface area contributed by atoms with Crippen LogP contribution in [0, 0.1) is 6.92 Å². The van der Waals surface area contributed by atoms with Crippen molar-refractivity contribution in [3.8, 4) is 0 Å². The molecule has 1 aromatic heterocycles. The Labute approximate surface area is 132 Å². The van der Waals surface area contributed by atoms with Crippen molar-refractivity contribution in [3.05, 3.63) is 47.8 Å². The Bertz CT molecular complexity index is 533. The van der Waals surface area contributed by atoms with E-state index >= 15 is 0 Å². The van der Waals surface area contributed by atoms with Crippen LogP contribution in [0.15, 0.2) is 41.4 Å². The summed E-state index contributed by atoms with van der Waals surface area (Å²) in [6.07, 6.45) is 3.04. The Hall–Kier alpha value is -1.26. The summed E-state index contributed by atoms with van der Waals surface area (Å²) in [4.78, 5) is 1.33. The number of thioether (sulfide) groups is 1. The van der Waals surface area contributed by atoms with E-state index in [0.29, 0.717) is 6.04 Å². The number of hydrogen-bond acceptors (Lipinski definition) is 3. The maximum Gasteiger partial charge on any atom is 0.0587 e. The molecule has 1 heterocycles. The quantitative estimate of drug-likeness (QED) is 0.746. The van der Waals surface area contributed by atoms with Crippen molar-refractivity contribution in [1.82, 2.24) is 15.1 Å². The van der Waals surface area contributed by atoms with Gasteiger partial charge in [-0.1, -0.05) is 24.6 Å². The number of rotatable bonds is 8. The molecule has 0 fully saturated rings. The van der Waals surface area contributed by atoms with Crippen molar-refractivity contribution < 1.29 is 0 Å². The Balaban J connectivity index is 2.04. The fourth-order valence-electron chi connectivity index (χ4n) is 2.28. The third-order valence-electron chi connectivity index (χ3n) is 3.48. The van der Waals surface area contributed by atoms with E-state index in [9.17, 15) is 0 Å². The van der Waals surface area contributed by atoms with Crippen molar-refractivity contribution in [1.29, 1.82) is 0 Å². The molecule has 1 N–H and O–H groups in total. The first-order valence-corrected chi connectivity index (χ1v) is 8.67. The molecule has 1 unspecified atom stereocenters. The lowest BCUT2D eigenvalue weighted by atomic mass is 10.2. The maximum absolute atomic E-state index is 4.40. The van der Waals surface area contributed by atoms with E-state index in [1.807, 2.05) is 18.0 Å². The first-order chi connectivity index (χ1) is 10.2. The second-order valence-electron chi connectivity index (χ2n) is 5.20. The van der Waals surface area contributed by atoms with E-state index in [1.54, 1.807) is 0 Å². The molecule has 114 valence electrons. The summed E-state index contributed by atoms with van der Waals surface area (Å²) in [5, 5.41) is 8.04. The third kappa shape index (κ3) is 4.61. The van der Waals surface area contributed by atoms with Crippen LogP contribution in [0.5, 0.6) is 0 Å². The monoisotopic (exact) mass is 303 g/mol. The standard InChI is InChI=1S/C17H25N3S/c1-4-11-18-16(17-10-12-19-20(17)5-2)13-21-15-8-6-14(3)7-9-15/h6-10,12,16,18H,4-5,11,13H2,1-3H3. The predicted molar refractivity (Wildman–Crippen MR) is 90.8 cm³/mol. The van der Waals surface area contributed by atoms with Crippen molar-refractivity contribution in [2.75, 3.05) is 12.3 Å². The number of aryl methyl sites for hydroxylation is 2. The zero-order chi connectivity index (χ0) is 15.1. The normalized spacial score (nSPS) is 12.5. The van der Waals surface area contributed by atoms with Crippen molar-refractivity contribution in [2.45, 2.75) is 44.7 Å². The van der Waals surface area contributed by atoms with Gasteiger partial charge in [-0.2, -0.15) is 5.10 Å². The lowest BCUT2D eigenvalue weighted by Crippen LogP contribution is -2.26. The number of nitrogens with zero attached hydrogens (tertiary/aromatic N) is 2. The molecule has 0 radical (unpaired) electrons. The third-order valence-corrected chi connectivity index (χ3v) is 4.59. The lowest BCUT2D eigenvalue weighted by molar-refractivity contribution is 0.514. The topological polar surface area (TPSA) is 29.9 Å². The second kappa shape index (κ2) is 8.25. The van der Waals surface area contributed by atoms with Crippen LogP contribution < -0.4 is 5.32 Å². The molecule has 0 aliphatic rings. The minimum absolute atomic E-state index is 0.346. The van der Waals surface area contributed by atoms with E-state index in [1.165, 1.54) is 16.2 Å². The number of hydrogen-bond donors (Lipinski definition) is 1. The molecular formula is C17H25N3S. The summed E-state index contributed by atoms with van der Waals surface area (Å²) in [6.45, 7) is 8.42. The van der Waals surface area contributed by atoms with Gasteiger partial charge in [0.1, 0.15) is 0 Å². The van der Waals surface area contributed by atoms with Crippen molar-refractivity contribution in [2.24, 2.45) is 0 Å². The Kier molecular flexibility index (Phi) is 6.33. The van der Waals surface area contributed by atoms with E-state index in [0.717, 1.165) is 25.3 Å². The highest BCUT2D eigenvalue weighted by atomic mass is 32.2. The van der Waals surface area contributed by atoms with E-state index in [-0.39, 0.29) is 0 Å². The number of benzene rings is 1. The summed E-state index contributed by atoms with van der Waals surface area (Å²) in [5.41, 5.74) is 2.59. The van der Waals surface area contributed by atoms with Gasteiger partial charge in [0.2, 0.25) is 0 Å². The molecule has 3 nitrogen and oxygen atoms in total. The summed E-state index contributed by atoms with van der Waals surface area (Å²) in [6, 6.07) is 11.2. The molecule has 0 amide bonds. The molecule has 0 aliphatic heterocycles. The summed E-state index contributed by atoms with van der Waals surface area (Å²) in [5.74, 6) is 1.02. The highest BCUT2D eigenvalue weighted by Crippen LogP contribution is 2.25. The average molecular weight is 303 g/mol. The zero-order valence-corrected chi connectivity index (χ0v) is 14.0. The van der Waals surface area contributed by atoms with E-state index < -0.39 is 0 Å². The molecular weight excluding hydrogens is 278 g/mol. The fraction of sp³-hybridized carbons (Fsp3) is 0.471. The smallest absolute Gasteiger partial charge is 0.0587 e. The molecule has 0 aliphatic carbocycles. The molecule has 1 atom stereocenters. The fourth-order valence-corrected chi connectivity index (χ4v) is 3.26.